The maximum Gasteiger partial charge on any atom is 0.335 e. The first-order chi connectivity index (χ1) is 28.3. The summed E-state index contributed by atoms with van der Waals surface area (Å²) in [6.45, 7) is 13.3. The highest BCUT2D eigenvalue weighted by molar-refractivity contribution is 5.74. The van der Waals surface area contributed by atoms with E-state index in [2.05, 4.69) is 15.4 Å². The van der Waals surface area contributed by atoms with E-state index in [9.17, 15) is 54.9 Å². The van der Waals surface area contributed by atoms with Gasteiger partial charge in [0.15, 0.2) is 13.6 Å². The largest absolute Gasteiger partial charge is 0.479 e. The van der Waals surface area contributed by atoms with Crippen molar-refractivity contribution >= 4 is 35.7 Å². The van der Waals surface area contributed by atoms with Crippen molar-refractivity contribution < 1.29 is 94.6 Å². The van der Waals surface area contributed by atoms with Crippen LogP contribution in [0.2, 0.25) is 0 Å². The van der Waals surface area contributed by atoms with Crippen molar-refractivity contribution in [2.24, 2.45) is 0 Å². The van der Waals surface area contributed by atoms with Crippen molar-refractivity contribution in [3.05, 3.63) is 47.5 Å². The predicted octanol–water partition coefficient (Wildman–Crippen LogP) is 0.0887. The first kappa shape index (κ1) is 47.8. The maximum absolute atomic E-state index is 11.3. The van der Waals surface area contributed by atoms with Gasteiger partial charge in [0.05, 0.1) is 23.6 Å². The van der Waals surface area contributed by atoms with Crippen LogP contribution in [0.25, 0.3) is 0 Å². The van der Waals surface area contributed by atoms with E-state index in [1.165, 1.54) is 25.1 Å². The molecule has 0 saturated carbocycles. The lowest BCUT2D eigenvalue weighted by atomic mass is 9.99. The summed E-state index contributed by atoms with van der Waals surface area (Å²) in [6, 6.07) is 9.41. The molecular weight excluding hydrogens is 800 g/mol. The Balaban J connectivity index is 0.000000327. The Morgan fingerprint density at radius 2 is 1.20 bits per heavy atom. The van der Waals surface area contributed by atoms with Gasteiger partial charge in [-0.05, 0) is 76.9 Å². The monoisotopic (exact) mass is 857 g/mol. The highest BCUT2D eigenvalue weighted by Crippen LogP contribution is 2.34. The summed E-state index contributed by atoms with van der Waals surface area (Å²) in [5.74, 6) is -3.10. The minimum Gasteiger partial charge on any atom is -0.479 e. The molecule has 60 heavy (non-hydrogen) atoms. The summed E-state index contributed by atoms with van der Waals surface area (Å²) in [7, 11) is 0. The molecule has 0 aliphatic carbocycles. The van der Waals surface area contributed by atoms with Crippen LogP contribution < -0.4 is 20.1 Å². The third-order valence-corrected chi connectivity index (χ3v) is 8.40. The summed E-state index contributed by atoms with van der Waals surface area (Å²) in [5, 5.41) is 84.5. The van der Waals surface area contributed by atoms with Gasteiger partial charge in [-0.2, -0.15) is 0 Å². The molecule has 336 valence electrons. The molecule has 21 nitrogen and oxygen atoms in total. The molecule has 10 N–H and O–H groups in total. The molecule has 0 radical (unpaired) electrons. The zero-order chi connectivity index (χ0) is 46.0. The zero-order valence-corrected chi connectivity index (χ0v) is 34.1. The van der Waals surface area contributed by atoms with Crippen LogP contribution in [0.5, 0.6) is 11.5 Å². The van der Waals surface area contributed by atoms with E-state index in [-0.39, 0.29) is 35.9 Å². The van der Waals surface area contributed by atoms with Gasteiger partial charge in [-0.25, -0.2) is 9.59 Å². The lowest BCUT2D eigenvalue weighted by molar-refractivity contribution is -0.271. The summed E-state index contributed by atoms with van der Waals surface area (Å²) < 4.78 is 43.7. The molecular formula is C39H56N2O19. The molecule has 0 aromatic heterocycles. The Kier molecular flexibility index (Phi) is 17.2. The Hall–Kier alpha value is -4.84. The van der Waals surface area contributed by atoms with E-state index in [1.807, 2.05) is 41.5 Å². The molecule has 0 amide bonds. The van der Waals surface area contributed by atoms with Gasteiger partial charge in [-0.15, -0.1) is 0 Å². The van der Waals surface area contributed by atoms with Crippen LogP contribution in [0, 0.1) is 0 Å². The SMILES string of the molecule is CC(=O)OCc1ccc(O[C@@H]2O[C@H](C(=O)O)[C@@H](O)[C@H](O)[C@H]2O)c(NC(C)(C)C)c1.[2H]C(=O)OCc1ccc(O[C@@H]2O[C@H](C(=O)O)[C@@H](O)[C@H](O)[C@H]2O)c(NCCOC(C)(C)C)c1. The number of aliphatic hydroxyl groups excluding tert-OH is 6. The smallest absolute Gasteiger partial charge is 0.335 e. The van der Waals surface area contributed by atoms with Crippen molar-refractivity contribution in [1.82, 2.24) is 0 Å². The first-order valence-electron chi connectivity index (χ1n) is 19.1. The summed E-state index contributed by atoms with van der Waals surface area (Å²) in [5.41, 5.74) is 1.32. The number of hydrogen-bond donors (Lipinski definition) is 10. The predicted molar refractivity (Wildman–Crippen MR) is 207 cm³/mol. The van der Waals surface area contributed by atoms with Gasteiger partial charge in [-0.3, -0.25) is 9.59 Å². The molecule has 10 atom stereocenters. The van der Waals surface area contributed by atoms with Crippen molar-refractivity contribution in [2.75, 3.05) is 23.8 Å². The van der Waals surface area contributed by atoms with Crippen LogP contribution in [0.15, 0.2) is 36.4 Å². The summed E-state index contributed by atoms with van der Waals surface area (Å²) in [6.07, 6.45) is -18.5. The van der Waals surface area contributed by atoms with E-state index < -0.39 is 85.8 Å². The molecule has 2 heterocycles. The normalized spacial score (nSPS) is 26.9. The van der Waals surface area contributed by atoms with Crippen molar-refractivity contribution in [3.8, 4) is 11.5 Å². The molecule has 2 saturated heterocycles. The third-order valence-electron chi connectivity index (χ3n) is 8.40. The molecule has 2 aliphatic heterocycles. The number of carboxylic acid groups (broad SMARTS) is 2. The highest BCUT2D eigenvalue weighted by atomic mass is 16.7. The van der Waals surface area contributed by atoms with Crippen LogP contribution in [-0.4, -0.2) is 151 Å². The minimum absolute atomic E-state index is 0.0446. The number of anilines is 2. The first-order valence-corrected chi connectivity index (χ1v) is 18.6. The Labute approximate surface area is 347 Å². The van der Waals surface area contributed by atoms with E-state index >= 15 is 0 Å². The number of esters is 1. The maximum atomic E-state index is 11.3. The number of carboxylic acids is 2. The molecule has 21 heteroatoms. The number of aliphatic carboxylic acids is 2. The lowest BCUT2D eigenvalue weighted by Crippen LogP contribution is -2.61. The second kappa shape index (κ2) is 21.6. The van der Waals surface area contributed by atoms with Crippen LogP contribution in [0.4, 0.5) is 11.4 Å². The minimum atomic E-state index is -1.84. The van der Waals surface area contributed by atoms with Crippen LogP contribution >= 0.6 is 0 Å². The Morgan fingerprint density at radius 3 is 1.63 bits per heavy atom. The van der Waals surface area contributed by atoms with Gasteiger partial charge in [0, 0.05) is 19.0 Å². The van der Waals surface area contributed by atoms with Gasteiger partial charge in [-0.1, -0.05) is 12.1 Å². The second-order valence-corrected chi connectivity index (χ2v) is 15.8. The average Bonchev–Trinajstić information content (AvgIpc) is 3.15. The number of aliphatic hydroxyl groups is 6. The fraction of sp³-hybridized carbons (Fsp3) is 0.590. The van der Waals surface area contributed by atoms with Crippen molar-refractivity contribution in [2.45, 2.75) is 134 Å². The topological polar surface area (TPSA) is 319 Å². The zero-order valence-electron chi connectivity index (χ0n) is 35.1. The number of ether oxygens (including phenoxy) is 7. The number of hydrogen-bond acceptors (Lipinski definition) is 19. The molecule has 0 unspecified atom stereocenters. The van der Waals surface area contributed by atoms with E-state index in [0.717, 1.165) is 0 Å². The Morgan fingerprint density at radius 1 is 0.733 bits per heavy atom. The quantitative estimate of drug-likeness (QED) is 0.0644. The second-order valence-electron chi connectivity index (χ2n) is 15.8. The highest BCUT2D eigenvalue weighted by Gasteiger charge is 2.49. The molecule has 4 rings (SSSR count). The molecule has 2 aromatic rings. The average molecular weight is 858 g/mol. The van der Waals surface area contributed by atoms with Gasteiger partial charge in [0.1, 0.15) is 61.3 Å². The van der Waals surface area contributed by atoms with E-state index in [1.54, 1.807) is 18.2 Å². The molecule has 2 fully saturated rings. The van der Waals surface area contributed by atoms with Crippen LogP contribution in [0.3, 0.4) is 0 Å². The number of nitrogens with one attached hydrogen (secondary N) is 2. The van der Waals surface area contributed by atoms with Gasteiger partial charge < -0.3 is 84.6 Å². The van der Waals surface area contributed by atoms with E-state index in [0.29, 0.717) is 35.7 Å². The number of carbonyl (C=O) groups is 4. The molecule has 2 aromatic carbocycles. The van der Waals surface area contributed by atoms with Gasteiger partial charge >= 0.3 is 17.9 Å². The van der Waals surface area contributed by atoms with Crippen LogP contribution in [0.1, 0.15) is 61.0 Å². The number of carbonyl (C=O) groups excluding carboxylic acids is 2. The van der Waals surface area contributed by atoms with Gasteiger partial charge in [0.25, 0.3) is 6.45 Å². The Bertz CT molecular complexity index is 1800. The molecule has 0 spiro atoms. The molecule has 2 aliphatic rings. The van der Waals surface area contributed by atoms with Crippen LogP contribution in [-0.2, 0) is 56.1 Å². The summed E-state index contributed by atoms with van der Waals surface area (Å²) in [4.78, 5) is 44.4. The molecule has 0 bridgehead atoms. The third kappa shape index (κ3) is 14.7. The van der Waals surface area contributed by atoms with Gasteiger partial charge in [0.2, 0.25) is 12.6 Å². The van der Waals surface area contributed by atoms with Crippen molar-refractivity contribution in [1.29, 1.82) is 0 Å². The fourth-order valence-electron chi connectivity index (χ4n) is 5.57. The number of rotatable bonds is 15. The standard InChI is InChI=1S/C20H29NO10.C19H27NO9/c1-20(2,3)29-7-6-21-12-8-11(9-28-10-22)4-5-13(12)30-19-16(25)14(23)15(24)17(31-19)18(26)27;1-9(21)27-8-10-5-6-12(11(7-10)20-19(2,3)4)28-18-15(24)13(22)14(23)16(29-18)17(25)26/h4-5,8,10,14-17,19,21,23-25H,6-7,9H2,1-3H3,(H,26,27);5-7,13-16,18,20,22-24H,8H2,1-4H3,(H,25,26)/t14-,15-,16+,17-,19+;13-,14-,15+,16-,18+/m00/s1/i10D;. The fourth-order valence-corrected chi connectivity index (χ4v) is 5.57. The van der Waals surface area contributed by atoms with Crippen molar-refractivity contribution in [3.63, 3.8) is 0 Å². The van der Waals surface area contributed by atoms with E-state index in [4.69, 9.17) is 34.9 Å². The lowest BCUT2D eigenvalue weighted by Gasteiger charge is -2.38. The number of benzene rings is 2. The summed E-state index contributed by atoms with van der Waals surface area (Å²) >= 11 is 0.